The molecule has 2 unspecified atom stereocenters. The molecule has 1 aliphatic heterocycles. The van der Waals surface area contributed by atoms with E-state index in [0.717, 1.165) is 18.0 Å². The SMILES string of the molecule is CCN(CC)C(C)CC1CCN(C(C)C)C1. The standard InChI is InChI=1S/C14H30N2/c1-6-15(7-2)13(5)10-14-8-9-16(11-14)12(3)4/h12-14H,6-11H2,1-5H3. The normalized spacial score (nSPS) is 24.6. The van der Waals surface area contributed by atoms with Crippen molar-refractivity contribution in [3.05, 3.63) is 0 Å². The summed E-state index contributed by atoms with van der Waals surface area (Å²) in [6.45, 7) is 16.6. The lowest BCUT2D eigenvalue weighted by atomic mass is 9.99. The average molecular weight is 226 g/mol. The van der Waals surface area contributed by atoms with Crippen LogP contribution in [0.25, 0.3) is 0 Å². The fourth-order valence-electron chi connectivity index (χ4n) is 3.00. The molecule has 0 spiro atoms. The molecule has 0 radical (unpaired) electrons. The van der Waals surface area contributed by atoms with Crippen LogP contribution in [0.2, 0.25) is 0 Å². The van der Waals surface area contributed by atoms with Gasteiger partial charge in [-0.05, 0) is 59.2 Å². The highest BCUT2D eigenvalue weighted by Crippen LogP contribution is 2.24. The van der Waals surface area contributed by atoms with Gasteiger partial charge in [-0.3, -0.25) is 0 Å². The van der Waals surface area contributed by atoms with Crippen molar-refractivity contribution in [2.45, 2.75) is 59.5 Å². The molecule has 1 heterocycles. The molecule has 2 atom stereocenters. The summed E-state index contributed by atoms with van der Waals surface area (Å²) in [6, 6.07) is 1.49. The Labute approximate surface area is 102 Å². The Kier molecular flexibility index (Phi) is 5.77. The maximum absolute atomic E-state index is 2.62. The van der Waals surface area contributed by atoms with Gasteiger partial charge in [0.15, 0.2) is 0 Å². The highest BCUT2D eigenvalue weighted by atomic mass is 15.2. The van der Waals surface area contributed by atoms with Crippen molar-refractivity contribution in [3.63, 3.8) is 0 Å². The zero-order chi connectivity index (χ0) is 12.1. The van der Waals surface area contributed by atoms with E-state index in [0.29, 0.717) is 0 Å². The van der Waals surface area contributed by atoms with Crippen LogP contribution in [0.1, 0.15) is 47.5 Å². The third kappa shape index (κ3) is 3.74. The molecule has 0 aliphatic carbocycles. The van der Waals surface area contributed by atoms with E-state index in [9.17, 15) is 0 Å². The minimum Gasteiger partial charge on any atom is -0.301 e. The lowest BCUT2D eigenvalue weighted by Gasteiger charge is -2.28. The number of hydrogen-bond acceptors (Lipinski definition) is 2. The van der Waals surface area contributed by atoms with E-state index in [1.807, 2.05) is 0 Å². The van der Waals surface area contributed by atoms with Gasteiger partial charge in [-0.2, -0.15) is 0 Å². The summed E-state index contributed by atoms with van der Waals surface area (Å²) in [4.78, 5) is 5.21. The van der Waals surface area contributed by atoms with Gasteiger partial charge in [0.25, 0.3) is 0 Å². The van der Waals surface area contributed by atoms with E-state index in [-0.39, 0.29) is 0 Å². The number of hydrogen-bond donors (Lipinski definition) is 0. The summed E-state index contributed by atoms with van der Waals surface area (Å²) in [7, 11) is 0. The zero-order valence-electron chi connectivity index (χ0n) is 11.9. The molecular formula is C14H30N2. The average Bonchev–Trinajstić information content (AvgIpc) is 2.68. The molecule has 0 N–H and O–H groups in total. The van der Waals surface area contributed by atoms with Crippen LogP contribution in [-0.2, 0) is 0 Å². The van der Waals surface area contributed by atoms with Crippen molar-refractivity contribution in [1.29, 1.82) is 0 Å². The Balaban J connectivity index is 2.33. The molecule has 16 heavy (non-hydrogen) atoms. The minimum absolute atomic E-state index is 0.730. The highest BCUT2D eigenvalue weighted by Gasteiger charge is 2.26. The Bertz CT molecular complexity index is 187. The van der Waals surface area contributed by atoms with Crippen LogP contribution in [0.3, 0.4) is 0 Å². The van der Waals surface area contributed by atoms with Crippen molar-refractivity contribution in [2.24, 2.45) is 5.92 Å². The smallest absolute Gasteiger partial charge is 0.00698 e. The van der Waals surface area contributed by atoms with Crippen molar-refractivity contribution in [3.8, 4) is 0 Å². The van der Waals surface area contributed by atoms with Crippen LogP contribution in [0.4, 0.5) is 0 Å². The fraction of sp³-hybridized carbons (Fsp3) is 1.00. The van der Waals surface area contributed by atoms with Gasteiger partial charge in [0, 0.05) is 18.6 Å². The molecule has 0 aromatic rings. The van der Waals surface area contributed by atoms with Gasteiger partial charge in [0.1, 0.15) is 0 Å². The molecule has 2 heteroatoms. The molecule has 1 fully saturated rings. The molecule has 2 nitrogen and oxygen atoms in total. The van der Waals surface area contributed by atoms with Gasteiger partial charge < -0.3 is 9.80 Å². The monoisotopic (exact) mass is 226 g/mol. The molecule has 0 bridgehead atoms. The Morgan fingerprint density at radius 1 is 1.19 bits per heavy atom. The third-order valence-corrected chi connectivity index (χ3v) is 4.16. The van der Waals surface area contributed by atoms with Crippen LogP contribution in [0, 0.1) is 5.92 Å². The summed E-state index contributed by atoms with van der Waals surface area (Å²) in [5.74, 6) is 0.929. The van der Waals surface area contributed by atoms with Gasteiger partial charge in [0.2, 0.25) is 0 Å². The second-order valence-electron chi connectivity index (χ2n) is 5.55. The first-order chi connectivity index (χ1) is 7.58. The Morgan fingerprint density at radius 2 is 1.81 bits per heavy atom. The first-order valence-corrected chi connectivity index (χ1v) is 7.06. The molecule has 0 amide bonds. The van der Waals surface area contributed by atoms with Crippen LogP contribution in [0.5, 0.6) is 0 Å². The van der Waals surface area contributed by atoms with Gasteiger partial charge in [-0.25, -0.2) is 0 Å². The molecule has 0 saturated carbocycles. The van der Waals surface area contributed by atoms with Gasteiger partial charge in [-0.15, -0.1) is 0 Å². The molecule has 0 aromatic heterocycles. The number of nitrogens with zero attached hydrogens (tertiary/aromatic N) is 2. The predicted octanol–water partition coefficient (Wildman–Crippen LogP) is 2.84. The van der Waals surface area contributed by atoms with Gasteiger partial charge in [-0.1, -0.05) is 13.8 Å². The zero-order valence-corrected chi connectivity index (χ0v) is 11.9. The molecule has 1 saturated heterocycles. The second kappa shape index (κ2) is 6.61. The van der Waals surface area contributed by atoms with Crippen LogP contribution >= 0.6 is 0 Å². The largest absolute Gasteiger partial charge is 0.301 e. The van der Waals surface area contributed by atoms with Crippen LogP contribution in [0.15, 0.2) is 0 Å². The van der Waals surface area contributed by atoms with Crippen molar-refractivity contribution in [2.75, 3.05) is 26.2 Å². The lowest BCUT2D eigenvalue weighted by Crippen LogP contribution is -2.35. The number of rotatable bonds is 6. The lowest BCUT2D eigenvalue weighted by molar-refractivity contribution is 0.193. The molecule has 96 valence electrons. The van der Waals surface area contributed by atoms with Crippen LogP contribution < -0.4 is 0 Å². The van der Waals surface area contributed by atoms with E-state index in [1.54, 1.807) is 0 Å². The minimum atomic E-state index is 0.730. The van der Waals surface area contributed by atoms with E-state index in [4.69, 9.17) is 0 Å². The maximum Gasteiger partial charge on any atom is 0.00698 e. The second-order valence-corrected chi connectivity index (χ2v) is 5.55. The maximum atomic E-state index is 2.62. The van der Waals surface area contributed by atoms with E-state index in [2.05, 4.69) is 44.4 Å². The topological polar surface area (TPSA) is 6.48 Å². The van der Waals surface area contributed by atoms with E-state index >= 15 is 0 Å². The van der Waals surface area contributed by atoms with Crippen molar-refractivity contribution in [1.82, 2.24) is 9.80 Å². The fourth-order valence-corrected chi connectivity index (χ4v) is 3.00. The summed E-state index contributed by atoms with van der Waals surface area (Å²) in [5, 5.41) is 0. The first kappa shape index (κ1) is 14.0. The number of likely N-dealkylation sites (tertiary alicyclic amines) is 1. The predicted molar refractivity (Wildman–Crippen MR) is 71.8 cm³/mol. The first-order valence-electron chi connectivity index (χ1n) is 7.06. The quantitative estimate of drug-likeness (QED) is 0.687. The van der Waals surface area contributed by atoms with E-state index in [1.165, 1.54) is 39.0 Å². The van der Waals surface area contributed by atoms with Crippen molar-refractivity contribution >= 4 is 0 Å². The van der Waals surface area contributed by atoms with Crippen molar-refractivity contribution < 1.29 is 0 Å². The van der Waals surface area contributed by atoms with Gasteiger partial charge >= 0.3 is 0 Å². The summed E-state index contributed by atoms with van der Waals surface area (Å²) < 4.78 is 0. The molecule has 0 aromatic carbocycles. The summed E-state index contributed by atoms with van der Waals surface area (Å²) in [5.41, 5.74) is 0. The Hall–Kier alpha value is -0.0800. The summed E-state index contributed by atoms with van der Waals surface area (Å²) in [6.07, 6.45) is 2.79. The van der Waals surface area contributed by atoms with Gasteiger partial charge in [0.05, 0.1) is 0 Å². The third-order valence-electron chi connectivity index (χ3n) is 4.16. The molecular weight excluding hydrogens is 196 g/mol. The summed E-state index contributed by atoms with van der Waals surface area (Å²) >= 11 is 0. The van der Waals surface area contributed by atoms with E-state index < -0.39 is 0 Å². The Morgan fingerprint density at radius 3 is 2.25 bits per heavy atom. The van der Waals surface area contributed by atoms with Crippen LogP contribution in [-0.4, -0.2) is 48.1 Å². The molecule has 1 rings (SSSR count). The highest BCUT2D eigenvalue weighted by molar-refractivity contribution is 4.81. The molecule has 1 aliphatic rings.